The van der Waals surface area contributed by atoms with E-state index >= 15 is 0 Å². The summed E-state index contributed by atoms with van der Waals surface area (Å²) in [5.41, 5.74) is -0.0933. The van der Waals surface area contributed by atoms with Gasteiger partial charge in [-0.15, -0.1) is 10.2 Å². The van der Waals surface area contributed by atoms with Crippen LogP contribution in [-0.2, 0) is 11.3 Å². The lowest BCUT2D eigenvalue weighted by molar-refractivity contribution is 0.0939. The highest BCUT2D eigenvalue weighted by Gasteiger charge is 2.23. The monoisotopic (exact) mass is 406 g/mol. The Balaban J connectivity index is 2.09. The average Bonchev–Trinajstić information content (AvgIpc) is 3.15. The number of aromatic nitrogens is 1. The summed E-state index contributed by atoms with van der Waals surface area (Å²) in [5.74, 6) is -0.393. The van der Waals surface area contributed by atoms with Gasteiger partial charge in [-0.3, -0.25) is 9.36 Å². The summed E-state index contributed by atoms with van der Waals surface area (Å²) in [5, 5.41) is 28.3. The molecule has 2 aromatic rings. The van der Waals surface area contributed by atoms with Gasteiger partial charge in [-0.2, -0.15) is 5.26 Å². The fourth-order valence-electron chi connectivity index (χ4n) is 2.89. The fraction of sp³-hybridized carbons (Fsp3) is 0.333. The molecule has 1 aliphatic heterocycles. The fourth-order valence-corrected chi connectivity index (χ4v) is 3.23. The second-order valence-corrected chi connectivity index (χ2v) is 6.89. The van der Waals surface area contributed by atoms with Gasteiger partial charge in [0.15, 0.2) is 5.69 Å². The summed E-state index contributed by atoms with van der Waals surface area (Å²) in [6.45, 7) is 2.28. The van der Waals surface area contributed by atoms with Crippen molar-refractivity contribution in [1.29, 1.82) is 5.26 Å². The first-order valence-corrected chi connectivity index (χ1v) is 9.03. The van der Waals surface area contributed by atoms with Gasteiger partial charge in [-0.05, 0) is 31.9 Å². The molecule has 0 amide bonds. The van der Waals surface area contributed by atoms with Gasteiger partial charge in [0.2, 0.25) is 5.88 Å². The smallest absolute Gasteiger partial charge is 0.281 e. The Bertz CT molecular complexity index is 1010. The highest BCUT2D eigenvalue weighted by molar-refractivity contribution is 6.43. The van der Waals surface area contributed by atoms with Crippen molar-refractivity contribution in [3.63, 3.8) is 0 Å². The number of nitriles is 1. The first-order chi connectivity index (χ1) is 12.9. The third-order valence-electron chi connectivity index (χ3n) is 4.37. The molecule has 1 aromatic carbocycles. The first-order valence-electron chi connectivity index (χ1n) is 8.27. The van der Waals surface area contributed by atoms with Crippen molar-refractivity contribution in [3.05, 3.63) is 49.7 Å². The van der Waals surface area contributed by atoms with Crippen LogP contribution in [0.5, 0.6) is 5.88 Å². The number of hydrogen-bond acceptors (Lipinski definition) is 6. The maximum atomic E-state index is 12.9. The van der Waals surface area contributed by atoms with Gasteiger partial charge < -0.3 is 9.84 Å². The van der Waals surface area contributed by atoms with Gasteiger partial charge >= 0.3 is 0 Å². The van der Waals surface area contributed by atoms with Crippen LogP contribution in [0, 0.1) is 18.3 Å². The molecular weight excluding hydrogens is 391 g/mol. The zero-order chi connectivity index (χ0) is 19.6. The molecule has 1 unspecified atom stereocenters. The lowest BCUT2D eigenvalue weighted by Crippen LogP contribution is -2.27. The zero-order valence-electron chi connectivity index (χ0n) is 14.4. The summed E-state index contributed by atoms with van der Waals surface area (Å²) in [6, 6.07) is 6.78. The molecule has 7 nitrogen and oxygen atoms in total. The summed E-state index contributed by atoms with van der Waals surface area (Å²) >= 11 is 12.0. The highest BCUT2D eigenvalue weighted by atomic mass is 35.5. The maximum Gasteiger partial charge on any atom is 0.281 e. The van der Waals surface area contributed by atoms with Crippen LogP contribution in [0.4, 0.5) is 11.4 Å². The topological polar surface area (TPSA) is 100.0 Å². The third kappa shape index (κ3) is 3.83. The number of pyridine rings is 1. The Morgan fingerprint density at radius 3 is 2.85 bits per heavy atom. The molecule has 0 bridgehead atoms. The van der Waals surface area contributed by atoms with Crippen molar-refractivity contribution >= 4 is 34.6 Å². The second kappa shape index (κ2) is 8.09. The van der Waals surface area contributed by atoms with E-state index < -0.39 is 11.4 Å². The normalized spacial score (nSPS) is 16.7. The van der Waals surface area contributed by atoms with Crippen molar-refractivity contribution in [3.8, 4) is 11.9 Å². The largest absolute Gasteiger partial charge is 0.493 e. The summed E-state index contributed by atoms with van der Waals surface area (Å²) in [4.78, 5) is 12.9. The first kappa shape index (κ1) is 19.4. The number of aromatic hydroxyl groups is 1. The summed E-state index contributed by atoms with van der Waals surface area (Å²) in [6.07, 6.45) is 1.46. The van der Waals surface area contributed by atoms with Crippen LogP contribution in [0.2, 0.25) is 10.0 Å². The van der Waals surface area contributed by atoms with Gasteiger partial charge in [-0.1, -0.05) is 29.3 Å². The van der Waals surface area contributed by atoms with Crippen molar-refractivity contribution in [2.24, 2.45) is 10.2 Å². The molecule has 27 heavy (non-hydrogen) atoms. The number of rotatable bonds is 4. The molecule has 1 aromatic heterocycles. The minimum atomic E-state index is -0.554. The molecular formula is C18H16Cl2N4O3. The van der Waals surface area contributed by atoms with Crippen LogP contribution in [0.3, 0.4) is 0 Å². The van der Waals surface area contributed by atoms with E-state index in [0.717, 1.165) is 17.4 Å². The molecule has 2 heterocycles. The standard InChI is InChI=1S/C18H16Cl2N4O3/c1-10-12(8-21)17(25)24(9-11-4-3-7-27-11)18(26)16(10)23-22-14-6-2-5-13(19)15(14)20/h2,5-6,11,25H,3-4,7,9H2,1H3. The van der Waals surface area contributed by atoms with Crippen molar-refractivity contribution in [2.75, 3.05) is 6.61 Å². The Labute approximate surface area is 165 Å². The molecule has 0 radical (unpaired) electrons. The predicted octanol–water partition coefficient (Wildman–Crippen LogP) is 4.64. The van der Waals surface area contributed by atoms with E-state index in [1.807, 2.05) is 6.07 Å². The molecule has 1 N–H and O–H groups in total. The maximum absolute atomic E-state index is 12.9. The summed E-state index contributed by atoms with van der Waals surface area (Å²) in [7, 11) is 0. The van der Waals surface area contributed by atoms with Gasteiger partial charge in [0, 0.05) is 12.2 Å². The second-order valence-electron chi connectivity index (χ2n) is 6.11. The van der Waals surface area contributed by atoms with Crippen molar-refractivity contribution < 1.29 is 9.84 Å². The lowest BCUT2D eigenvalue weighted by Gasteiger charge is -2.16. The molecule has 140 valence electrons. The minimum absolute atomic E-state index is 0.0289. The van der Waals surface area contributed by atoms with Crippen molar-refractivity contribution in [2.45, 2.75) is 32.4 Å². The molecule has 1 atom stereocenters. The molecule has 1 saturated heterocycles. The van der Waals surface area contributed by atoms with E-state index in [9.17, 15) is 15.2 Å². The molecule has 0 spiro atoms. The average molecular weight is 407 g/mol. The number of hydrogen-bond donors (Lipinski definition) is 1. The van der Waals surface area contributed by atoms with E-state index in [-0.39, 0.29) is 34.5 Å². The van der Waals surface area contributed by atoms with Gasteiger partial charge in [0.05, 0.1) is 22.7 Å². The van der Waals surface area contributed by atoms with Crippen LogP contribution in [0.25, 0.3) is 0 Å². The van der Waals surface area contributed by atoms with Crippen LogP contribution in [0.1, 0.15) is 24.0 Å². The van der Waals surface area contributed by atoms with Gasteiger partial charge in [0.25, 0.3) is 5.56 Å². The SMILES string of the molecule is Cc1c(C#N)c(O)n(CC2CCCO2)c(=O)c1N=Nc1cccc(Cl)c1Cl. The Hall–Kier alpha value is -2.40. The molecule has 0 saturated carbocycles. The number of halogens is 2. The number of benzene rings is 1. The molecule has 3 rings (SSSR count). The van der Waals surface area contributed by atoms with Gasteiger partial charge in [-0.25, -0.2) is 0 Å². The van der Waals surface area contributed by atoms with Crippen molar-refractivity contribution in [1.82, 2.24) is 4.57 Å². The quantitative estimate of drug-likeness (QED) is 0.747. The zero-order valence-corrected chi connectivity index (χ0v) is 16.0. The number of ether oxygens (including phenoxy) is 1. The number of nitrogens with zero attached hydrogens (tertiary/aromatic N) is 4. The van der Waals surface area contributed by atoms with E-state index in [0.29, 0.717) is 17.3 Å². The predicted molar refractivity (Wildman–Crippen MR) is 101 cm³/mol. The van der Waals surface area contributed by atoms with E-state index in [2.05, 4.69) is 10.2 Å². The van der Waals surface area contributed by atoms with Crippen LogP contribution >= 0.6 is 23.2 Å². The minimum Gasteiger partial charge on any atom is -0.493 e. The van der Waals surface area contributed by atoms with E-state index in [1.54, 1.807) is 18.2 Å². The third-order valence-corrected chi connectivity index (χ3v) is 5.18. The van der Waals surface area contributed by atoms with Crippen LogP contribution < -0.4 is 5.56 Å². The van der Waals surface area contributed by atoms with E-state index in [1.165, 1.54) is 6.92 Å². The highest BCUT2D eigenvalue weighted by Crippen LogP contribution is 2.33. The lowest BCUT2D eigenvalue weighted by atomic mass is 10.1. The van der Waals surface area contributed by atoms with E-state index in [4.69, 9.17) is 27.9 Å². The van der Waals surface area contributed by atoms with Crippen LogP contribution in [0.15, 0.2) is 33.2 Å². The molecule has 9 heteroatoms. The number of azo groups is 1. The Kier molecular flexibility index (Phi) is 5.80. The Morgan fingerprint density at radius 1 is 1.41 bits per heavy atom. The molecule has 1 fully saturated rings. The van der Waals surface area contributed by atoms with Crippen LogP contribution in [-0.4, -0.2) is 22.4 Å². The van der Waals surface area contributed by atoms with Gasteiger partial charge in [0.1, 0.15) is 17.3 Å². The molecule has 1 aliphatic rings. The Morgan fingerprint density at radius 2 is 2.19 bits per heavy atom. The molecule has 0 aliphatic carbocycles. The summed E-state index contributed by atoms with van der Waals surface area (Å²) < 4.78 is 6.64.